The van der Waals surface area contributed by atoms with Crippen LogP contribution in [0.15, 0.2) is 35.6 Å². The van der Waals surface area contributed by atoms with E-state index in [0.29, 0.717) is 39.2 Å². The number of imidazole rings is 2. The number of nitrogens with zero attached hydrogens (tertiary/aromatic N) is 7. The lowest BCUT2D eigenvalue weighted by atomic mass is 9.98. The largest absolute Gasteiger partial charge is 0.444 e. The molecule has 3 aromatic heterocycles. The Labute approximate surface area is 228 Å². The van der Waals surface area contributed by atoms with Crippen LogP contribution in [0.4, 0.5) is 13.6 Å². The molecule has 12 heteroatoms. The molecule has 0 radical (unpaired) electrons. The summed E-state index contributed by atoms with van der Waals surface area (Å²) in [6.07, 6.45) is 2.85. The van der Waals surface area contributed by atoms with Crippen LogP contribution >= 0.6 is 0 Å². The van der Waals surface area contributed by atoms with E-state index in [0.717, 1.165) is 10.9 Å². The van der Waals surface area contributed by atoms with E-state index in [1.807, 2.05) is 6.92 Å². The first-order chi connectivity index (χ1) is 19.5. The van der Waals surface area contributed by atoms with Gasteiger partial charge in [-0.2, -0.15) is 9.49 Å². The predicted octanol–water partition coefficient (Wildman–Crippen LogP) is 4.30. The van der Waals surface area contributed by atoms with E-state index in [4.69, 9.17) is 13.9 Å². The maximum Gasteiger partial charge on any atom is 0.410 e. The van der Waals surface area contributed by atoms with Crippen molar-refractivity contribution in [1.82, 2.24) is 33.4 Å². The van der Waals surface area contributed by atoms with Gasteiger partial charge in [0.1, 0.15) is 17.2 Å². The van der Waals surface area contributed by atoms with Gasteiger partial charge in [0.05, 0.1) is 24.3 Å². The Morgan fingerprint density at radius 2 is 1.77 bits per heavy atom. The molecule has 4 aromatic rings. The van der Waals surface area contributed by atoms with Crippen molar-refractivity contribution < 1.29 is 22.4 Å². The van der Waals surface area contributed by atoms with E-state index in [-0.39, 0.29) is 24.1 Å². The third kappa shape index (κ3) is 4.53. The molecule has 1 aromatic carbocycles. The molecule has 1 amide bonds. The van der Waals surface area contributed by atoms with Crippen LogP contribution in [0.3, 0.4) is 0 Å². The number of benzene rings is 1. The maximum absolute atomic E-state index is 14.8. The lowest BCUT2D eigenvalue weighted by Crippen LogP contribution is -2.41. The van der Waals surface area contributed by atoms with Gasteiger partial charge in [0.15, 0.2) is 5.82 Å². The molecule has 0 N–H and O–H groups in total. The summed E-state index contributed by atoms with van der Waals surface area (Å²) in [5.74, 6) is -2.11. The second-order valence-corrected chi connectivity index (χ2v) is 10.8. The summed E-state index contributed by atoms with van der Waals surface area (Å²) in [5.41, 5.74) is 0.793. The van der Waals surface area contributed by atoms with Gasteiger partial charge in [-0.25, -0.2) is 28.2 Å². The Bertz CT molecular complexity index is 1740. The summed E-state index contributed by atoms with van der Waals surface area (Å²) in [6, 6.07) is 3.18. The molecule has 0 aliphatic carbocycles. The minimum atomic E-state index is -2.80. The van der Waals surface area contributed by atoms with Crippen LogP contribution in [-0.2, 0) is 18.3 Å². The fourth-order valence-electron chi connectivity index (χ4n) is 4.85. The standard InChI is InChI=1S/C27H31F2N7O3/c1-15-10-18(11-16(2)20(15)28)36-23(34-8-9-35(25(34)37)24-22(29)30-14-32(24)7)19-13-33(12-17(3)21(19)31-36)26(38)39-27(4,5)6/h8-11,14,17H,12-13H2,1-7H3/t17-/m0/s1/i7D3. The number of ether oxygens (including phenoxy) is 1. The van der Waals surface area contributed by atoms with Crippen LogP contribution < -0.4 is 5.69 Å². The lowest BCUT2D eigenvalue weighted by molar-refractivity contribution is 0.0208. The van der Waals surface area contributed by atoms with Gasteiger partial charge in [0, 0.05) is 41.5 Å². The molecule has 5 rings (SSSR count). The minimum Gasteiger partial charge on any atom is -0.444 e. The minimum absolute atomic E-state index is 0.0439. The summed E-state index contributed by atoms with van der Waals surface area (Å²) in [4.78, 5) is 31.9. The number of halogens is 2. The smallest absolute Gasteiger partial charge is 0.410 e. The zero-order valence-corrected chi connectivity index (χ0v) is 22.5. The van der Waals surface area contributed by atoms with Gasteiger partial charge < -0.3 is 14.2 Å². The zero-order valence-electron chi connectivity index (χ0n) is 25.5. The summed E-state index contributed by atoms with van der Waals surface area (Å²) >= 11 is 0. The fourth-order valence-corrected chi connectivity index (χ4v) is 4.85. The Morgan fingerprint density at radius 3 is 2.38 bits per heavy atom. The van der Waals surface area contributed by atoms with Crippen molar-refractivity contribution in [2.75, 3.05) is 6.54 Å². The van der Waals surface area contributed by atoms with E-state index < -0.39 is 36.1 Å². The second-order valence-electron chi connectivity index (χ2n) is 10.8. The van der Waals surface area contributed by atoms with Crippen molar-refractivity contribution in [3.05, 3.63) is 75.5 Å². The molecule has 1 atom stereocenters. The van der Waals surface area contributed by atoms with Crippen LogP contribution in [0, 0.1) is 25.6 Å². The molecule has 0 spiro atoms. The van der Waals surface area contributed by atoms with E-state index >= 15 is 0 Å². The number of fused-ring (bicyclic) bond motifs is 1. The molecule has 0 unspecified atom stereocenters. The number of aromatic nitrogens is 6. The van der Waals surface area contributed by atoms with Crippen molar-refractivity contribution in [2.45, 2.75) is 59.6 Å². The molecule has 39 heavy (non-hydrogen) atoms. The van der Waals surface area contributed by atoms with Gasteiger partial charge in [0.25, 0.3) is 5.95 Å². The monoisotopic (exact) mass is 542 g/mol. The van der Waals surface area contributed by atoms with Gasteiger partial charge in [-0.05, 0) is 57.9 Å². The Balaban J connectivity index is 1.74. The normalized spacial score (nSPS) is 17.0. The van der Waals surface area contributed by atoms with Crippen LogP contribution in [0.1, 0.15) is 60.1 Å². The zero-order chi connectivity index (χ0) is 30.9. The van der Waals surface area contributed by atoms with Crippen molar-refractivity contribution in [3.8, 4) is 17.3 Å². The van der Waals surface area contributed by atoms with Gasteiger partial charge in [0.2, 0.25) is 0 Å². The summed E-state index contributed by atoms with van der Waals surface area (Å²) < 4.78 is 62.3. The maximum atomic E-state index is 14.8. The molecular formula is C27H31F2N7O3. The number of hydrogen-bond acceptors (Lipinski definition) is 5. The van der Waals surface area contributed by atoms with Crippen LogP contribution in [-0.4, -0.2) is 51.6 Å². The van der Waals surface area contributed by atoms with Crippen LogP contribution in [0.5, 0.6) is 0 Å². The molecule has 0 fully saturated rings. The highest BCUT2D eigenvalue weighted by atomic mass is 19.1. The Hall–Kier alpha value is -4.22. The quantitative estimate of drug-likeness (QED) is 0.385. The van der Waals surface area contributed by atoms with Gasteiger partial charge in [-0.15, -0.1) is 0 Å². The van der Waals surface area contributed by atoms with E-state index in [9.17, 15) is 18.4 Å². The number of carbonyl (C=O) groups is 1. The lowest BCUT2D eigenvalue weighted by Gasteiger charge is -2.32. The number of amides is 1. The van der Waals surface area contributed by atoms with E-state index in [1.54, 1.807) is 46.8 Å². The summed E-state index contributed by atoms with van der Waals surface area (Å²) in [7, 11) is 0. The van der Waals surface area contributed by atoms with Gasteiger partial charge >= 0.3 is 11.8 Å². The average molecular weight is 543 g/mol. The van der Waals surface area contributed by atoms with Gasteiger partial charge in [-0.1, -0.05) is 6.92 Å². The molecule has 1 aliphatic rings. The second kappa shape index (κ2) is 9.21. The third-order valence-electron chi connectivity index (χ3n) is 6.55. The molecule has 0 saturated heterocycles. The SMILES string of the molecule is [2H]C([2H])([2H])n1cnc(F)c1-n1ccn(-c2c3c(nn2-c2cc(C)c(F)c(C)c2)[C@@H](C)CN(C(=O)OC(C)(C)C)C3)c1=O. The van der Waals surface area contributed by atoms with Gasteiger partial charge in [-0.3, -0.25) is 4.57 Å². The molecular weight excluding hydrogens is 508 g/mol. The first-order valence-electron chi connectivity index (χ1n) is 13.9. The Morgan fingerprint density at radius 1 is 1.13 bits per heavy atom. The topological polar surface area (TPSA) is 92.1 Å². The Kier molecular flexibility index (Phi) is 5.37. The predicted molar refractivity (Wildman–Crippen MR) is 140 cm³/mol. The molecule has 206 valence electrons. The molecule has 10 nitrogen and oxygen atoms in total. The molecule has 0 saturated carbocycles. The first-order valence-corrected chi connectivity index (χ1v) is 12.4. The third-order valence-corrected chi connectivity index (χ3v) is 6.55. The number of carbonyl (C=O) groups excluding carboxylic acids is 1. The van der Waals surface area contributed by atoms with Crippen molar-refractivity contribution in [2.24, 2.45) is 6.98 Å². The summed E-state index contributed by atoms with van der Waals surface area (Å²) in [6.45, 7) is 7.94. The van der Waals surface area contributed by atoms with Crippen molar-refractivity contribution >= 4 is 6.09 Å². The highest BCUT2D eigenvalue weighted by Crippen LogP contribution is 2.34. The van der Waals surface area contributed by atoms with Crippen molar-refractivity contribution in [1.29, 1.82) is 0 Å². The highest BCUT2D eigenvalue weighted by Gasteiger charge is 2.35. The molecule has 1 aliphatic heterocycles. The number of rotatable bonds is 3. The number of hydrogen-bond donors (Lipinski definition) is 0. The average Bonchev–Trinajstić information content (AvgIpc) is 3.55. The number of aryl methyl sites for hydroxylation is 3. The van der Waals surface area contributed by atoms with E-state index in [2.05, 4.69) is 4.98 Å². The first kappa shape index (κ1) is 22.7. The van der Waals surface area contributed by atoms with Crippen molar-refractivity contribution in [3.63, 3.8) is 0 Å². The van der Waals surface area contributed by atoms with Crippen LogP contribution in [0.2, 0.25) is 0 Å². The molecule has 0 bridgehead atoms. The van der Waals surface area contributed by atoms with Crippen LogP contribution in [0.25, 0.3) is 17.3 Å². The fraction of sp³-hybridized carbons (Fsp3) is 0.407. The highest BCUT2D eigenvalue weighted by molar-refractivity contribution is 5.69. The molecule has 4 heterocycles. The van der Waals surface area contributed by atoms with E-state index in [1.165, 1.54) is 26.5 Å². The summed E-state index contributed by atoms with van der Waals surface area (Å²) in [5, 5.41) is 4.81.